The van der Waals surface area contributed by atoms with Gasteiger partial charge in [0, 0.05) is 35.6 Å². The maximum absolute atomic E-state index is 13.4. The molecule has 2 aromatic rings. The molecule has 37 heavy (non-hydrogen) atoms. The van der Waals surface area contributed by atoms with Gasteiger partial charge in [-0.05, 0) is 62.4 Å². The molecule has 202 valence electrons. The molecule has 1 N–H and O–H groups in total. The Hall–Kier alpha value is -2.29. The fraction of sp³-hybridized carbons (Fsp3) is 0.481. The van der Waals surface area contributed by atoms with Crippen LogP contribution in [0.3, 0.4) is 0 Å². The largest absolute Gasteiger partial charge is 0.352 e. The van der Waals surface area contributed by atoms with E-state index in [4.69, 9.17) is 23.2 Å². The van der Waals surface area contributed by atoms with Crippen LogP contribution in [0, 0.1) is 6.92 Å². The summed E-state index contributed by atoms with van der Waals surface area (Å²) >= 11 is 12.6. The smallest absolute Gasteiger partial charge is 0.242 e. The maximum Gasteiger partial charge on any atom is 0.242 e. The third kappa shape index (κ3) is 7.85. The number of benzene rings is 2. The molecule has 2 amide bonds. The summed E-state index contributed by atoms with van der Waals surface area (Å²) in [6, 6.07) is 11.8. The summed E-state index contributed by atoms with van der Waals surface area (Å²) in [7, 11) is -3.60. The molecule has 0 radical (unpaired) electrons. The fourth-order valence-electron chi connectivity index (χ4n) is 4.63. The minimum Gasteiger partial charge on any atom is -0.352 e. The molecular weight excluding hydrogens is 533 g/mol. The van der Waals surface area contributed by atoms with Crippen molar-refractivity contribution in [3.63, 3.8) is 0 Å². The minimum absolute atomic E-state index is 0.0666. The van der Waals surface area contributed by atoms with Crippen molar-refractivity contribution in [3.05, 3.63) is 63.6 Å². The lowest BCUT2D eigenvalue weighted by Gasteiger charge is -2.30. The van der Waals surface area contributed by atoms with E-state index in [1.54, 1.807) is 38.1 Å². The van der Waals surface area contributed by atoms with Gasteiger partial charge >= 0.3 is 0 Å². The Bertz CT molecular complexity index is 1220. The van der Waals surface area contributed by atoms with Crippen LogP contribution in [0.15, 0.2) is 42.5 Å². The first-order chi connectivity index (χ1) is 17.5. The summed E-state index contributed by atoms with van der Waals surface area (Å²) < 4.78 is 26.4. The van der Waals surface area contributed by atoms with E-state index in [1.165, 1.54) is 9.21 Å². The average molecular weight is 569 g/mol. The lowest BCUT2D eigenvalue weighted by molar-refractivity contribution is -0.140. The van der Waals surface area contributed by atoms with Crippen LogP contribution in [-0.4, -0.2) is 50.0 Å². The van der Waals surface area contributed by atoms with Crippen LogP contribution in [-0.2, 0) is 26.2 Å². The zero-order valence-corrected chi connectivity index (χ0v) is 23.9. The summed E-state index contributed by atoms with van der Waals surface area (Å²) in [4.78, 5) is 28.0. The molecule has 0 heterocycles. The first-order valence-electron chi connectivity index (χ1n) is 12.5. The van der Waals surface area contributed by atoms with E-state index in [-0.39, 0.29) is 43.8 Å². The Morgan fingerprint density at radius 3 is 2.35 bits per heavy atom. The van der Waals surface area contributed by atoms with E-state index >= 15 is 0 Å². The van der Waals surface area contributed by atoms with Crippen LogP contribution in [0.25, 0.3) is 0 Å². The number of anilines is 1. The minimum atomic E-state index is -3.60. The van der Waals surface area contributed by atoms with E-state index in [9.17, 15) is 18.0 Å². The van der Waals surface area contributed by atoms with Crippen LogP contribution in [0.2, 0.25) is 10.0 Å². The molecule has 1 fully saturated rings. The predicted octanol–water partition coefficient (Wildman–Crippen LogP) is 5.32. The molecule has 7 nitrogen and oxygen atoms in total. The van der Waals surface area contributed by atoms with Gasteiger partial charge in [-0.2, -0.15) is 0 Å². The molecule has 1 unspecified atom stereocenters. The van der Waals surface area contributed by atoms with Gasteiger partial charge in [-0.3, -0.25) is 13.9 Å². The number of carbonyl (C=O) groups excluding carboxylic acids is 2. The molecule has 0 bridgehead atoms. The number of sulfonamides is 1. The summed E-state index contributed by atoms with van der Waals surface area (Å²) in [6.07, 6.45) is 5.54. The molecule has 0 aromatic heterocycles. The molecule has 0 saturated heterocycles. The van der Waals surface area contributed by atoms with Gasteiger partial charge in [-0.1, -0.05) is 60.3 Å². The number of nitrogens with one attached hydrogen (secondary N) is 1. The predicted molar refractivity (Wildman–Crippen MR) is 149 cm³/mol. The lowest BCUT2D eigenvalue weighted by atomic mass is 10.1. The van der Waals surface area contributed by atoms with Crippen molar-refractivity contribution in [2.75, 3.05) is 17.1 Å². The van der Waals surface area contributed by atoms with Crippen LogP contribution < -0.4 is 9.62 Å². The van der Waals surface area contributed by atoms with Gasteiger partial charge in [-0.25, -0.2) is 8.42 Å². The average Bonchev–Trinajstić information content (AvgIpc) is 3.35. The highest BCUT2D eigenvalue weighted by Gasteiger charge is 2.29. The van der Waals surface area contributed by atoms with Crippen LogP contribution in [0.5, 0.6) is 0 Å². The van der Waals surface area contributed by atoms with E-state index in [0.29, 0.717) is 21.3 Å². The fourth-order valence-corrected chi connectivity index (χ4v) is 6.01. The van der Waals surface area contributed by atoms with E-state index in [2.05, 4.69) is 5.32 Å². The van der Waals surface area contributed by atoms with Crippen molar-refractivity contribution in [2.45, 2.75) is 71.0 Å². The van der Waals surface area contributed by atoms with Crippen LogP contribution in [0.1, 0.15) is 56.6 Å². The summed E-state index contributed by atoms with van der Waals surface area (Å²) in [5.41, 5.74) is 1.88. The van der Waals surface area contributed by atoms with Crippen molar-refractivity contribution in [3.8, 4) is 0 Å². The topological polar surface area (TPSA) is 86.8 Å². The van der Waals surface area contributed by atoms with E-state index in [1.807, 2.05) is 18.2 Å². The van der Waals surface area contributed by atoms with Gasteiger partial charge in [0.2, 0.25) is 21.8 Å². The first kappa shape index (κ1) is 29.3. The Kier molecular flexibility index (Phi) is 10.3. The van der Waals surface area contributed by atoms with Gasteiger partial charge in [0.05, 0.1) is 11.9 Å². The zero-order valence-electron chi connectivity index (χ0n) is 21.5. The molecule has 0 spiro atoms. The SMILES string of the molecule is Cc1c(Cl)cccc1N(CCCC(=O)N(Cc1ccccc1Cl)C(C)C(=O)NC1CCCC1)S(C)(=O)=O. The van der Waals surface area contributed by atoms with Gasteiger partial charge < -0.3 is 10.2 Å². The number of amides is 2. The van der Waals surface area contributed by atoms with Crippen molar-refractivity contribution < 1.29 is 18.0 Å². The third-order valence-corrected chi connectivity index (χ3v) is 8.79. The molecular formula is C27H35Cl2N3O4S. The third-order valence-electron chi connectivity index (χ3n) is 6.83. The van der Waals surface area contributed by atoms with Crippen molar-refractivity contribution in [1.29, 1.82) is 0 Å². The number of rotatable bonds is 11. The highest BCUT2D eigenvalue weighted by Crippen LogP contribution is 2.29. The molecule has 1 aliphatic carbocycles. The number of hydrogen-bond acceptors (Lipinski definition) is 4. The molecule has 10 heteroatoms. The molecule has 2 aromatic carbocycles. The van der Waals surface area contributed by atoms with Gasteiger partial charge in [0.15, 0.2) is 0 Å². The Morgan fingerprint density at radius 1 is 1.05 bits per heavy atom. The standard InChI is InChI=1S/C27H35Cl2N3O4S/c1-19-23(28)14-8-15-25(19)32(37(3,35)36)17-9-16-26(33)31(18-21-10-4-7-13-24(21)29)20(2)27(34)30-22-11-5-6-12-22/h4,7-8,10,13-15,20,22H,5-6,9,11-12,16-18H2,1-3H3,(H,30,34). The molecule has 1 aliphatic rings. The van der Waals surface area contributed by atoms with Gasteiger partial charge in [-0.15, -0.1) is 0 Å². The van der Waals surface area contributed by atoms with Crippen LogP contribution >= 0.6 is 23.2 Å². The maximum atomic E-state index is 13.4. The normalized spacial score (nSPS) is 14.8. The highest BCUT2D eigenvalue weighted by molar-refractivity contribution is 7.92. The highest BCUT2D eigenvalue weighted by atomic mass is 35.5. The second kappa shape index (κ2) is 13.0. The van der Waals surface area contributed by atoms with Crippen molar-refractivity contribution in [1.82, 2.24) is 10.2 Å². The number of hydrogen-bond donors (Lipinski definition) is 1. The molecule has 0 aliphatic heterocycles. The quantitative estimate of drug-likeness (QED) is 0.398. The number of halogens is 2. The zero-order chi connectivity index (χ0) is 27.2. The summed E-state index contributed by atoms with van der Waals surface area (Å²) in [5.74, 6) is -0.440. The first-order valence-corrected chi connectivity index (χ1v) is 15.2. The molecule has 3 rings (SSSR count). The molecule has 1 atom stereocenters. The summed E-state index contributed by atoms with van der Waals surface area (Å²) in [6.45, 7) is 3.77. The second-order valence-electron chi connectivity index (χ2n) is 9.60. The van der Waals surface area contributed by atoms with Crippen LogP contribution in [0.4, 0.5) is 5.69 Å². The van der Waals surface area contributed by atoms with Crippen molar-refractivity contribution in [2.24, 2.45) is 0 Å². The van der Waals surface area contributed by atoms with Crippen molar-refractivity contribution >= 4 is 50.7 Å². The van der Waals surface area contributed by atoms with Gasteiger partial charge in [0.1, 0.15) is 6.04 Å². The Balaban J connectivity index is 1.75. The Labute approximate surface area is 230 Å². The van der Waals surface area contributed by atoms with E-state index in [0.717, 1.165) is 37.5 Å². The number of carbonyl (C=O) groups is 2. The molecule has 1 saturated carbocycles. The monoisotopic (exact) mass is 567 g/mol. The second-order valence-corrected chi connectivity index (χ2v) is 12.3. The summed E-state index contributed by atoms with van der Waals surface area (Å²) in [5, 5.41) is 4.06. The number of nitrogens with zero attached hydrogens (tertiary/aromatic N) is 2. The Morgan fingerprint density at radius 2 is 1.70 bits per heavy atom. The van der Waals surface area contributed by atoms with Gasteiger partial charge in [0.25, 0.3) is 0 Å². The van der Waals surface area contributed by atoms with E-state index < -0.39 is 16.1 Å². The lowest BCUT2D eigenvalue weighted by Crippen LogP contribution is -2.49.